The summed E-state index contributed by atoms with van der Waals surface area (Å²) >= 11 is 0. The van der Waals surface area contributed by atoms with E-state index in [1.54, 1.807) is 0 Å². The molecule has 0 amide bonds. The molecule has 0 aliphatic carbocycles. The van der Waals surface area contributed by atoms with Gasteiger partial charge in [0.25, 0.3) is 0 Å². The lowest BCUT2D eigenvalue weighted by molar-refractivity contribution is -0.146. The predicted octanol–water partition coefficient (Wildman–Crippen LogP) is 4.85. The summed E-state index contributed by atoms with van der Waals surface area (Å²) in [6.07, 6.45) is 4.20. The lowest BCUT2D eigenvalue weighted by Crippen LogP contribution is -2.63. The van der Waals surface area contributed by atoms with Gasteiger partial charge in [0, 0.05) is 31.5 Å². The first-order chi connectivity index (χ1) is 15.3. The third-order valence-electron chi connectivity index (χ3n) is 6.35. The maximum absolute atomic E-state index is 6.61. The molecule has 31 heavy (non-hydrogen) atoms. The molecule has 1 saturated heterocycles. The second kappa shape index (κ2) is 7.45. The molecule has 6 rings (SSSR count). The topological polar surface area (TPSA) is 45.8 Å². The number of nitrogens with one attached hydrogen (secondary N) is 2. The average Bonchev–Trinajstić information content (AvgIpc) is 3.28. The van der Waals surface area contributed by atoms with Gasteiger partial charge in [0.1, 0.15) is 17.2 Å². The van der Waals surface area contributed by atoms with Gasteiger partial charge in [-0.15, -0.1) is 0 Å². The highest BCUT2D eigenvalue weighted by atomic mass is 16.5. The average molecular weight is 412 g/mol. The Hall–Kier alpha value is -3.28. The van der Waals surface area contributed by atoms with E-state index in [1.807, 2.05) is 42.5 Å². The first kappa shape index (κ1) is 18.5. The van der Waals surface area contributed by atoms with Crippen LogP contribution in [-0.4, -0.2) is 23.8 Å². The summed E-state index contributed by atoms with van der Waals surface area (Å²) in [5.74, 6) is 2.67. The summed E-state index contributed by atoms with van der Waals surface area (Å²) in [5, 5.41) is 5.78. The zero-order chi connectivity index (χ0) is 20.7. The smallest absolute Gasteiger partial charge is 0.182 e. The highest BCUT2D eigenvalue weighted by Crippen LogP contribution is 2.47. The number of rotatable bonds is 3. The molecule has 0 saturated carbocycles. The molecule has 0 radical (unpaired) electrons. The molecular weight excluding hydrogens is 386 g/mol. The maximum atomic E-state index is 6.61. The third kappa shape index (κ3) is 3.26. The molecule has 3 aliphatic rings. The van der Waals surface area contributed by atoms with Crippen molar-refractivity contribution in [2.24, 2.45) is 0 Å². The van der Waals surface area contributed by atoms with Crippen LogP contribution in [0, 0.1) is 0 Å². The van der Waals surface area contributed by atoms with E-state index in [4.69, 9.17) is 9.47 Å². The number of fused-ring (bicyclic) bond motifs is 4. The Morgan fingerprint density at radius 3 is 2.35 bits per heavy atom. The van der Waals surface area contributed by atoms with Crippen molar-refractivity contribution >= 4 is 5.70 Å². The number of ether oxygens (including phenoxy) is 2. The van der Waals surface area contributed by atoms with Crippen molar-refractivity contribution in [3.8, 4) is 17.2 Å². The lowest BCUT2D eigenvalue weighted by Gasteiger charge is -2.50. The van der Waals surface area contributed by atoms with Crippen molar-refractivity contribution in [2.75, 3.05) is 13.1 Å². The monoisotopic (exact) mass is 411 g/mol. The van der Waals surface area contributed by atoms with E-state index in [2.05, 4.69) is 58.2 Å². The molecule has 5 nitrogen and oxygen atoms in total. The lowest BCUT2D eigenvalue weighted by atomic mass is 9.93. The van der Waals surface area contributed by atoms with Gasteiger partial charge in [0.2, 0.25) is 0 Å². The zero-order valence-electron chi connectivity index (χ0n) is 17.3. The first-order valence-electron chi connectivity index (χ1n) is 10.9. The Labute approximate surface area is 182 Å². The summed E-state index contributed by atoms with van der Waals surface area (Å²) in [6.45, 7) is 1.90. The molecule has 0 aromatic heterocycles. The Kier molecular flexibility index (Phi) is 4.44. The standard InChI is InChI=1S/C26H25N3O2/c1-2-6-20(7-3-1)30-21-12-10-19(11-13-21)23-18-24-22-8-4-5-9-25(22)31-26(29(24)28-23)14-16-27-17-15-26/h1-13,18,24,27-28H,14-17H2/t24-/m1/s1. The molecule has 3 aliphatic heterocycles. The number of para-hydroxylation sites is 2. The molecule has 156 valence electrons. The number of nitrogens with zero attached hydrogens (tertiary/aromatic N) is 1. The van der Waals surface area contributed by atoms with Crippen LogP contribution in [0.1, 0.15) is 30.0 Å². The van der Waals surface area contributed by atoms with Crippen molar-refractivity contribution in [1.82, 2.24) is 15.8 Å². The molecule has 3 aromatic carbocycles. The van der Waals surface area contributed by atoms with Crippen LogP contribution in [0.2, 0.25) is 0 Å². The van der Waals surface area contributed by atoms with E-state index >= 15 is 0 Å². The normalized spacial score (nSPS) is 21.4. The van der Waals surface area contributed by atoms with Gasteiger partial charge in [-0.1, -0.05) is 36.4 Å². The van der Waals surface area contributed by atoms with Crippen LogP contribution in [0.3, 0.4) is 0 Å². The van der Waals surface area contributed by atoms with Gasteiger partial charge in [0.15, 0.2) is 5.72 Å². The van der Waals surface area contributed by atoms with Gasteiger partial charge in [0.05, 0.1) is 11.7 Å². The Balaban J connectivity index is 1.30. The quantitative estimate of drug-likeness (QED) is 0.645. The number of hydrazine groups is 1. The molecule has 3 aromatic rings. The van der Waals surface area contributed by atoms with E-state index in [0.29, 0.717) is 0 Å². The van der Waals surface area contributed by atoms with Gasteiger partial charge in [-0.25, -0.2) is 0 Å². The van der Waals surface area contributed by atoms with Gasteiger partial charge >= 0.3 is 0 Å². The highest BCUT2D eigenvalue weighted by molar-refractivity contribution is 5.68. The van der Waals surface area contributed by atoms with Crippen molar-refractivity contribution in [1.29, 1.82) is 0 Å². The van der Waals surface area contributed by atoms with E-state index < -0.39 is 0 Å². The summed E-state index contributed by atoms with van der Waals surface area (Å²) in [7, 11) is 0. The van der Waals surface area contributed by atoms with E-state index in [-0.39, 0.29) is 11.8 Å². The molecule has 0 unspecified atom stereocenters. The molecule has 3 heterocycles. The van der Waals surface area contributed by atoms with Gasteiger partial charge in [-0.05, 0) is 54.1 Å². The van der Waals surface area contributed by atoms with Crippen molar-refractivity contribution < 1.29 is 9.47 Å². The van der Waals surface area contributed by atoms with Crippen molar-refractivity contribution in [2.45, 2.75) is 24.6 Å². The van der Waals surface area contributed by atoms with Crippen LogP contribution < -0.4 is 20.2 Å². The van der Waals surface area contributed by atoms with Gasteiger partial charge in [-0.3, -0.25) is 0 Å². The second-order valence-electron chi connectivity index (χ2n) is 8.28. The van der Waals surface area contributed by atoms with Crippen LogP contribution in [0.25, 0.3) is 5.70 Å². The molecule has 1 atom stereocenters. The molecule has 0 bridgehead atoms. The number of hydrogen-bond donors (Lipinski definition) is 2. The number of hydrogen-bond acceptors (Lipinski definition) is 5. The van der Waals surface area contributed by atoms with Gasteiger partial charge in [-0.2, -0.15) is 5.01 Å². The first-order valence-corrected chi connectivity index (χ1v) is 10.9. The number of benzene rings is 3. The van der Waals surface area contributed by atoms with Crippen LogP contribution >= 0.6 is 0 Å². The Morgan fingerprint density at radius 2 is 1.55 bits per heavy atom. The van der Waals surface area contributed by atoms with Crippen LogP contribution in [0.5, 0.6) is 17.2 Å². The van der Waals surface area contributed by atoms with E-state index in [9.17, 15) is 0 Å². The van der Waals surface area contributed by atoms with Crippen LogP contribution in [0.4, 0.5) is 0 Å². The van der Waals surface area contributed by atoms with Crippen molar-refractivity contribution in [3.63, 3.8) is 0 Å². The third-order valence-corrected chi connectivity index (χ3v) is 6.35. The molecular formula is C26H25N3O2. The fourth-order valence-electron chi connectivity index (χ4n) is 4.77. The van der Waals surface area contributed by atoms with Crippen LogP contribution in [0.15, 0.2) is 84.9 Å². The minimum absolute atomic E-state index is 0.151. The fraction of sp³-hybridized carbons (Fsp3) is 0.231. The Bertz CT molecular complexity index is 1110. The largest absolute Gasteiger partial charge is 0.470 e. The van der Waals surface area contributed by atoms with Gasteiger partial charge < -0.3 is 20.2 Å². The zero-order valence-corrected chi connectivity index (χ0v) is 17.3. The Morgan fingerprint density at radius 1 is 0.839 bits per heavy atom. The second-order valence-corrected chi connectivity index (χ2v) is 8.28. The minimum Gasteiger partial charge on any atom is -0.470 e. The number of piperidine rings is 1. The summed E-state index contributed by atoms with van der Waals surface area (Å²) < 4.78 is 12.6. The minimum atomic E-state index is -0.334. The highest BCUT2D eigenvalue weighted by Gasteiger charge is 2.50. The maximum Gasteiger partial charge on any atom is 0.182 e. The summed E-state index contributed by atoms with van der Waals surface area (Å²) in [6, 6.07) is 26.7. The van der Waals surface area contributed by atoms with E-state index in [0.717, 1.165) is 54.4 Å². The predicted molar refractivity (Wildman–Crippen MR) is 121 cm³/mol. The molecule has 5 heteroatoms. The molecule has 2 N–H and O–H groups in total. The molecule has 1 fully saturated rings. The molecule has 1 spiro atoms. The van der Waals surface area contributed by atoms with Crippen LogP contribution in [-0.2, 0) is 0 Å². The summed E-state index contributed by atoms with van der Waals surface area (Å²) in [4.78, 5) is 0. The fourth-order valence-corrected chi connectivity index (χ4v) is 4.77. The SMILES string of the molecule is C1=C(c2ccc(Oc3ccccc3)cc2)NN2[C@H]1c1ccccc1OC21CCNCC1. The van der Waals surface area contributed by atoms with Crippen molar-refractivity contribution in [3.05, 3.63) is 96.1 Å². The summed E-state index contributed by atoms with van der Waals surface area (Å²) in [5.41, 5.74) is 6.79. The van der Waals surface area contributed by atoms with E-state index in [1.165, 1.54) is 5.56 Å².